The fourth-order valence-electron chi connectivity index (χ4n) is 2.83. The van der Waals surface area contributed by atoms with Crippen LogP contribution in [0.1, 0.15) is 47.0 Å². The number of hydrogen-bond acceptors (Lipinski definition) is 5. The summed E-state index contributed by atoms with van der Waals surface area (Å²) in [6, 6.07) is 0.249. The predicted octanol–water partition coefficient (Wildman–Crippen LogP) is 2.61. The monoisotopic (exact) mass is 303 g/mol. The van der Waals surface area contributed by atoms with Crippen molar-refractivity contribution in [3.8, 4) is 0 Å². The van der Waals surface area contributed by atoms with E-state index in [2.05, 4.69) is 26.1 Å². The zero-order valence-electron chi connectivity index (χ0n) is 13.4. The second kappa shape index (κ2) is 8.25. The maximum absolute atomic E-state index is 12.1. The molecule has 1 rings (SSSR count). The Balaban J connectivity index is 2.56. The third-order valence-electron chi connectivity index (χ3n) is 3.53. The third-order valence-corrected chi connectivity index (χ3v) is 5.02. The van der Waals surface area contributed by atoms with Crippen LogP contribution in [-0.2, 0) is 14.3 Å². The lowest BCUT2D eigenvalue weighted by Crippen LogP contribution is -2.54. The predicted molar refractivity (Wildman–Crippen MR) is 84.2 cm³/mol. The number of nitrogens with one attached hydrogen (secondary N) is 1. The zero-order chi connectivity index (χ0) is 15.2. The maximum Gasteiger partial charge on any atom is 0.325 e. The first-order valence-electron chi connectivity index (χ1n) is 7.46. The van der Waals surface area contributed by atoms with E-state index in [0.717, 1.165) is 32.5 Å². The second-order valence-corrected chi connectivity index (χ2v) is 7.83. The van der Waals surface area contributed by atoms with Gasteiger partial charge in [-0.3, -0.25) is 10.1 Å². The highest BCUT2D eigenvalue weighted by molar-refractivity contribution is 8.00. The van der Waals surface area contributed by atoms with E-state index < -0.39 is 5.54 Å². The van der Waals surface area contributed by atoms with Gasteiger partial charge in [0.15, 0.2) is 0 Å². The molecule has 20 heavy (non-hydrogen) atoms. The zero-order valence-corrected chi connectivity index (χ0v) is 14.2. The van der Waals surface area contributed by atoms with E-state index in [1.165, 1.54) is 7.11 Å². The van der Waals surface area contributed by atoms with Gasteiger partial charge in [0.05, 0.1) is 7.11 Å². The molecule has 1 saturated heterocycles. The van der Waals surface area contributed by atoms with Crippen molar-refractivity contribution >= 4 is 17.7 Å². The molecule has 118 valence electrons. The Morgan fingerprint density at radius 3 is 2.50 bits per heavy atom. The van der Waals surface area contributed by atoms with Crippen LogP contribution >= 0.6 is 11.8 Å². The molecule has 1 N–H and O–H groups in total. The van der Waals surface area contributed by atoms with Gasteiger partial charge in [0.25, 0.3) is 0 Å². The summed E-state index contributed by atoms with van der Waals surface area (Å²) in [5, 5.41) is 4.43. The minimum Gasteiger partial charge on any atom is -0.468 e. The van der Waals surface area contributed by atoms with Crippen LogP contribution in [0.4, 0.5) is 0 Å². The molecule has 1 aliphatic heterocycles. The highest BCUT2D eigenvalue weighted by atomic mass is 32.2. The third kappa shape index (κ3) is 5.62. The number of hydrogen-bond donors (Lipinski definition) is 1. The molecule has 0 radical (unpaired) electrons. The molecule has 0 aromatic carbocycles. The van der Waals surface area contributed by atoms with Gasteiger partial charge in [-0.25, -0.2) is 0 Å². The molecule has 5 heteroatoms. The van der Waals surface area contributed by atoms with E-state index in [1.807, 2.05) is 18.7 Å². The van der Waals surface area contributed by atoms with Gasteiger partial charge in [-0.05, 0) is 40.0 Å². The Kier molecular flexibility index (Phi) is 7.34. The van der Waals surface area contributed by atoms with Gasteiger partial charge in [0.2, 0.25) is 0 Å². The molecular weight excluding hydrogens is 274 g/mol. The highest BCUT2D eigenvalue weighted by Gasteiger charge is 2.36. The van der Waals surface area contributed by atoms with E-state index in [0.29, 0.717) is 10.5 Å². The van der Waals surface area contributed by atoms with Crippen LogP contribution in [0.25, 0.3) is 0 Å². The van der Waals surface area contributed by atoms with Gasteiger partial charge in [0.1, 0.15) is 5.54 Å². The summed E-state index contributed by atoms with van der Waals surface area (Å²) in [6.45, 7) is 9.98. The van der Waals surface area contributed by atoms with Crippen molar-refractivity contribution in [1.82, 2.24) is 5.32 Å². The standard InChI is InChI=1S/C15H29NO3S/c1-11(2)16-15(4,14(17)18-5)10-12(3)20-13-6-8-19-9-7-13/h11-13,16H,6-10H2,1-5H3. The number of esters is 1. The quantitative estimate of drug-likeness (QED) is 0.733. The smallest absolute Gasteiger partial charge is 0.325 e. The Hall–Kier alpha value is -0.260. The van der Waals surface area contributed by atoms with Crippen LogP contribution in [0.2, 0.25) is 0 Å². The van der Waals surface area contributed by atoms with E-state index in [-0.39, 0.29) is 12.0 Å². The minimum atomic E-state index is -0.611. The number of carbonyl (C=O) groups excluding carboxylic acids is 1. The molecular formula is C15H29NO3S. The van der Waals surface area contributed by atoms with Crippen LogP contribution in [0.3, 0.4) is 0 Å². The molecule has 0 aromatic heterocycles. The van der Waals surface area contributed by atoms with Crippen molar-refractivity contribution < 1.29 is 14.3 Å². The SMILES string of the molecule is COC(=O)C(C)(CC(C)SC1CCOCC1)NC(C)C. The van der Waals surface area contributed by atoms with E-state index in [1.54, 1.807) is 0 Å². The first kappa shape index (κ1) is 17.8. The lowest BCUT2D eigenvalue weighted by Gasteiger charge is -2.34. The number of rotatable bonds is 7. The van der Waals surface area contributed by atoms with Gasteiger partial charge >= 0.3 is 5.97 Å². The molecule has 1 aliphatic rings. The number of carbonyl (C=O) groups is 1. The van der Waals surface area contributed by atoms with Gasteiger partial charge in [-0.15, -0.1) is 0 Å². The van der Waals surface area contributed by atoms with E-state index >= 15 is 0 Å². The van der Waals surface area contributed by atoms with Crippen LogP contribution < -0.4 is 5.32 Å². The van der Waals surface area contributed by atoms with Crippen molar-refractivity contribution in [1.29, 1.82) is 0 Å². The Bertz CT molecular complexity index is 305. The van der Waals surface area contributed by atoms with Crippen LogP contribution in [0.5, 0.6) is 0 Å². The highest BCUT2D eigenvalue weighted by Crippen LogP contribution is 2.31. The van der Waals surface area contributed by atoms with Crippen LogP contribution in [0, 0.1) is 0 Å². The largest absolute Gasteiger partial charge is 0.468 e. The summed E-state index contributed by atoms with van der Waals surface area (Å²) in [4.78, 5) is 12.1. The van der Waals surface area contributed by atoms with Crippen molar-refractivity contribution in [2.75, 3.05) is 20.3 Å². The molecule has 0 saturated carbocycles. The van der Waals surface area contributed by atoms with E-state index in [4.69, 9.17) is 9.47 Å². The topological polar surface area (TPSA) is 47.6 Å². The fourth-order valence-corrected chi connectivity index (χ4v) is 4.38. The number of thioether (sulfide) groups is 1. The summed E-state index contributed by atoms with van der Waals surface area (Å²) in [5.41, 5.74) is -0.611. The summed E-state index contributed by atoms with van der Waals surface area (Å²) in [5.74, 6) is -0.175. The fraction of sp³-hybridized carbons (Fsp3) is 0.933. The molecule has 2 unspecified atom stereocenters. The molecule has 0 bridgehead atoms. The Morgan fingerprint density at radius 1 is 1.40 bits per heavy atom. The van der Waals surface area contributed by atoms with Gasteiger partial charge in [-0.1, -0.05) is 6.92 Å². The van der Waals surface area contributed by atoms with Crippen molar-refractivity contribution in [3.63, 3.8) is 0 Å². The van der Waals surface area contributed by atoms with Crippen LogP contribution in [-0.4, -0.2) is 48.4 Å². The molecule has 2 atom stereocenters. The van der Waals surface area contributed by atoms with Gasteiger partial charge < -0.3 is 9.47 Å². The second-order valence-electron chi connectivity index (χ2n) is 6.09. The molecule has 0 aliphatic carbocycles. The summed E-state index contributed by atoms with van der Waals surface area (Å²) >= 11 is 1.97. The van der Waals surface area contributed by atoms with Crippen molar-refractivity contribution in [2.24, 2.45) is 0 Å². The molecule has 0 amide bonds. The molecule has 0 aromatic rings. The minimum absolute atomic E-state index is 0.175. The molecule has 1 fully saturated rings. The van der Waals surface area contributed by atoms with Crippen LogP contribution in [0.15, 0.2) is 0 Å². The van der Waals surface area contributed by atoms with Crippen molar-refractivity contribution in [2.45, 2.75) is 69.0 Å². The molecule has 1 heterocycles. The Labute approximate surface area is 127 Å². The Morgan fingerprint density at radius 2 is 2.00 bits per heavy atom. The molecule has 4 nitrogen and oxygen atoms in total. The van der Waals surface area contributed by atoms with Gasteiger partial charge in [0, 0.05) is 29.8 Å². The normalized spacial score (nSPS) is 21.5. The first-order chi connectivity index (χ1) is 9.37. The summed E-state index contributed by atoms with van der Waals surface area (Å²) in [7, 11) is 1.46. The first-order valence-corrected chi connectivity index (χ1v) is 8.41. The number of methoxy groups -OCH3 is 1. The van der Waals surface area contributed by atoms with Gasteiger partial charge in [-0.2, -0.15) is 11.8 Å². The summed E-state index contributed by atoms with van der Waals surface area (Å²) in [6.07, 6.45) is 3.00. The lowest BCUT2D eigenvalue weighted by molar-refractivity contribution is -0.148. The van der Waals surface area contributed by atoms with Crippen molar-refractivity contribution in [3.05, 3.63) is 0 Å². The average molecular weight is 303 g/mol. The lowest BCUT2D eigenvalue weighted by atomic mass is 9.95. The maximum atomic E-state index is 12.1. The summed E-state index contributed by atoms with van der Waals surface area (Å²) < 4.78 is 10.4. The molecule has 0 spiro atoms. The van der Waals surface area contributed by atoms with E-state index in [9.17, 15) is 4.79 Å². The average Bonchev–Trinajstić information content (AvgIpc) is 2.37. The number of ether oxygens (including phenoxy) is 2.